The van der Waals surface area contributed by atoms with Gasteiger partial charge in [-0.15, -0.1) is 11.3 Å². The number of nitrogens with zero attached hydrogens (tertiary/aromatic N) is 3. The molecule has 0 saturated heterocycles. The highest BCUT2D eigenvalue weighted by Gasteiger charge is 2.21. The Morgan fingerprint density at radius 1 is 1.10 bits per heavy atom. The number of nitro benzene ring substituents is 2. The predicted octanol–water partition coefficient (Wildman–Crippen LogP) is 4.63. The van der Waals surface area contributed by atoms with Crippen LogP contribution in [-0.2, 0) is 0 Å². The van der Waals surface area contributed by atoms with Gasteiger partial charge in [0.05, 0.1) is 28.6 Å². The van der Waals surface area contributed by atoms with Crippen molar-refractivity contribution in [3.05, 3.63) is 73.6 Å². The van der Waals surface area contributed by atoms with Gasteiger partial charge in [0.2, 0.25) is 0 Å². The third-order valence-corrected chi connectivity index (χ3v) is 5.05. The fourth-order valence-corrected chi connectivity index (χ4v) is 3.51. The lowest BCUT2D eigenvalue weighted by Crippen LogP contribution is -2.12. The number of ether oxygens (including phenoxy) is 1. The van der Waals surface area contributed by atoms with E-state index in [1.165, 1.54) is 0 Å². The van der Waals surface area contributed by atoms with Crippen LogP contribution in [0.4, 0.5) is 16.5 Å². The maximum absolute atomic E-state index is 12.5. The van der Waals surface area contributed by atoms with Gasteiger partial charge < -0.3 is 9.15 Å². The molecule has 2 heterocycles. The first-order valence-corrected chi connectivity index (χ1v) is 9.51. The lowest BCUT2D eigenvalue weighted by atomic mass is 10.1. The summed E-state index contributed by atoms with van der Waals surface area (Å²) < 4.78 is 11.0. The van der Waals surface area contributed by atoms with Crippen molar-refractivity contribution in [2.45, 2.75) is 0 Å². The van der Waals surface area contributed by atoms with Crippen LogP contribution in [0.15, 0.2) is 52.3 Å². The molecule has 1 amide bonds. The van der Waals surface area contributed by atoms with Crippen LogP contribution >= 0.6 is 11.3 Å². The van der Waals surface area contributed by atoms with Crippen LogP contribution in [0, 0.1) is 20.2 Å². The summed E-state index contributed by atoms with van der Waals surface area (Å²) in [6, 6.07) is 9.88. The number of carbonyl (C=O) groups is 1. The van der Waals surface area contributed by atoms with Crippen molar-refractivity contribution in [1.82, 2.24) is 4.98 Å². The number of benzene rings is 2. The first-order chi connectivity index (χ1) is 14.8. The van der Waals surface area contributed by atoms with Gasteiger partial charge in [0.1, 0.15) is 17.0 Å². The van der Waals surface area contributed by atoms with Gasteiger partial charge in [0.25, 0.3) is 17.3 Å². The first kappa shape index (κ1) is 20.0. The third-order valence-electron chi connectivity index (χ3n) is 4.29. The molecule has 156 valence electrons. The van der Waals surface area contributed by atoms with E-state index in [4.69, 9.17) is 9.15 Å². The van der Waals surface area contributed by atoms with E-state index in [2.05, 4.69) is 10.3 Å². The maximum Gasteiger partial charge on any atom is 0.277 e. The van der Waals surface area contributed by atoms with Gasteiger partial charge in [-0.25, -0.2) is 4.98 Å². The Labute approximate surface area is 177 Å². The third kappa shape index (κ3) is 4.04. The molecule has 0 aliphatic carbocycles. The van der Waals surface area contributed by atoms with Crippen LogP contribution in [0.2, 0.25) is 0 Å². The number of fused-ring (bicyclic) bond motifs is 1. The Balaban J connectivity index is 1.58. The van der Waals surface area contributed by atoms with Crippen molar-refractivity contribution in [3.63, 3.8) is 0 Å². The Bertz CT molecular complexity index is 1310. The normalized spacial score (nSPS) is 10.7. The SMILES string of the molecule is COc1ccc2cc(-c3csc(NC(=O)c4cc([N+](=O)[O-])cc([N+](=O)[O-])c4)n3)oc2c1. The van der Waals surface area contributed by atoms with Gasteiger partial charge in [-0.05, 0) is 18.2 Å². The number of thiazole rings is 1. The fraction of sp³-hybridized carbons (Fsp3) is 0.0526. The van der Waals surface area contributed by atoms with Gasteiger partial charge in [0.15, 0.2) is 10.9 Å². The topological polar surface area (TPSA) is 151 Å². The Hall–Kier alpha value is -4.32. The summed E-state index contributed by atoms with van der Waals surface area (Å²) in [6.45, 7) is 0. The number of carbonyl (C=O) groups excluding carboxylic acids is 1. The van der Waals surface area contributed by atoms with Crippen LogP contribution in [0.3, 0.4) is 0 Å². The van der Waals surface area contributed by atoms with Crippen molar-refractivity contribution >= 4 is 44.7 Å². The second kappa shape index (κ2) is 7.84. The molecule has 0 fully saturated rings. The van der Waals surface area contributed by atoms with E-state index < -0.39 is 27.1 Å². The number of methoxy groups -OCH3 is 1. The quantitative estimate of drug-likeness (QED) is 0.336. The fourth-order valence-electron chi connectivity index (χ4n) is 2.82. The summed E-state index contributed by atoms with van der Waals surface area (Å²) in [6.07, 6.45) is 0. The number of amides is 1. The Morgan fingerprint density at radius 3 is 2.45 bits per heavy atom. The molecule has 1 N–H and O–H groups in total. The lowest BCUT2D eigenvalue weighted by Gasteiger charge is -2.02. The first-order valence-electron chi connectivity index (χ1n) is 8.63. The highest BCUT2D eigenvalue weighted by Crippen LogP contribution is 2.32. The molecular weight excluding hydrogens is 428 g/mol. The molecule has 11 nitrogen and oxygen atoms in total. The highest BCUT2D eigenvalue weighted by molar-refractivity contribution is 7.14. The Morgan fingerprint density at radius 2 is 1.81 bits per heavy atom. The smallest absolute Gasteiger partial charge is 0.277 e. The zero-order valence-electron chi connectivity index (χ0n) is 15.7. The molecule has 2 aromatic carbocycles. The van der Waals surface area contributed by atoms with Crippen molar-refractivity contribution in [2.75, 3.05) is 12.4 Å². The number of anilines is 1. The van der Waals surface area contributed by atoms with Gasteiger partial charge >= 0.3 is 0 Å². The van der Waals surface area contributed by atoms with E-state index in [9.17, 15) is 25.0 Å². The maximum atomic E-state index is 12.5. The number of nitro groups is 2. The molecular formula is C19H12N4O7S. The number of hydrogen-bond donors (Lipinski definition) is 1. The molecule has 12 heteroatoms. The second-order valence-electron chi connectivity index (χ2n) is 6.26. The minimum Gasteiger partial charge on any atom is -0.497 e. The number of furan rings is 1. The lowest BCUT2D eigenvalue weighted by molar-refractivity contribution is -0.394. The van der Waals surface area contributed by atoms with E-state index in [1.54, 1.807) is 30.7 Å². The monoisotopic (exact) mass is 440 g/mol. The van der Waals surface area contributed by atoms with E-state index >= 15 is 0 Å². The van der Waals surface area contributed by atoms with E-state index in [1.807, 2.05) is 6.07 Å². The number of hydrogen-bond acceptors (Lipinski definition) is 9. The van der Waals surface area contributed by atoms with Crippen LogP contribution in [0.5, 0.6) is 5.75 Å². The van der Waals surface area contributed by atoms with Crippen LogP contribution < -0.4 is 10.1 Å². The zero-order chi connectivity index (χ0) is 22.1. The molecule has 0 bridgehead atoms. The number of aromatic nitrogens is 1. The highest BCUT2D eigenvalue weighted by atomic mass is 32.1. The van der Waals surface area contributed by atoms with Crippen LogP contribution in [0.1, 0.15) is 10.4 Å². The molecule has 4 rings (SSSR count). The minimum absolute atomic E-state index is 0.201. The molecule has 0 spiro atoms. The second-order valence-corrected chi connectivity index (χ2v) is 7.12. The molecule has 0 radical (unpaired) electrons. The van der Waals surface area contributed by atoms with Gasteiger partial charge in [0, 0.05) is 29.0 Å². The molecule has 2 aromatic heterocycles. The summed E-state index contributed by atoms with van der Waals surface area (Å²) in [7, 11) is 1.55. The van der Waals surface area contributed by atoms with Gasteiger partial charge in [-0.1, -0.05) is 0 Å². The summed E-state index contributed by atoms with van der Waals surface area (Å²) in [5.41, 5.74) is -0.264. The van der Waals surface area contributed by atoms with E-state index in [0.29, 0.717) is 22.8 Å². The molecule has 0 aliphatic rings. The van der Waals surface area contributed by atoms with E-state index in [0.717, 1.165) is 34.9 Å². The average Bonchev–Trinajstić information content (AvgIpc) is 3.39. The minimum atomic E-state index is -0.804. The van der Waals surface area contributed by atoms with Crippen molar-refractivity contribution in [1.29, 1.82) is 0 Å². The molecule has 0 atom stereocenters. The summed E-state index contributed by atoms with van der Waals surface area (Å²) in [5, 5.41) is 27.2. The summed E-state index contributed by atoms with van der Waals surface area (Å²) in [5.74, 6) is 0.360. The van der Waals surface area contributed by atoms with Crippen LogP contribution in [-0.4, -0.2) is 27.8 Å². The van der Waals surface area contributed by atoms with E-state index in [-0.39, 0.29) is 10.7 Å². The largest absolute Gasteiger partial charge is 0.497 e. The van der Waals surface area contributed by atoms with Crippen LogP contribution in [0.25, 0.3) is 22.4 Å². The Kier molecular flexibility index (Phi) is 5.05. The predicted molar refractivity (Wildman–Crippen MR) is 112 cm³/mol. The number of non-ortho nitro benzene ring substituents is 2. The molecule has 0 saturated carbocycles. The molecule has 31 heavy (non-hydrogen) atoms. The van der Waals surface area contributed by atoms with Gasteiger partial charge in [-0.2, -0.15) is 0 Å². The van der Waals surface area contributed by atoms with Gasteiger partial charge in [-0.3, -0.25) is 30.3 Å². The number of nitrogens with one attached hydrogen (secondary N) is 1. The zero-order valence-corrected chi connectivity index (χ0v) is 16.5. The summed E-state index contributed by atoms with van der Waals surface area (Å²) in [4.78, 5) is 37.2. The number of rotatable bonds is 6. The molecule has 0 aliphatic heterocycles. The van der Waals surface area contributed by atoms with Crippen molar-refractivity contribution < 1.29 is 23.8 Å². The summed E-state index contributed by atoms with van der Waals surface area (Å²) >= 11 is 1.11. The average molecular weight is 440 g/mol. The van der Waals surface area contributed by atoms with Crippen molar-refractivity contribution in [3.8, 4) is 17.2 Å². The molecule has 0 unspecified atom stereocenters. The molecule has 4 aromatic rings. The standard InChI is InChI=1S/C19H12N4O7S/c1-29-14-3-2-10-6-17(30-16(10)8-14)15-9-31-19(20-15)21-18(24)11-4-12(22(25)26)7-13(5-11)23(27)28/h2-9H,1H3,(H,20,21,24). The van der Waals surface area contributed by atoms with Crippen molar-refractivity contribution in [2.24, 2.45) is 0 Å².